The molecule has 0 aromatic heterocycles. The summed E-state index contributed by atoms with van der Waals surface area (Å²) in [6.07, 6.45) is 2.38. The summed E-state index contributed by atoms with van der Waals surface area (Å²) in [5.74, 6) is 0.653. The SMILES string of the molecule is CC(C)(C)OC(=O)c1cccc(N)c1OCC1CC1. The average Bonchev–Trinajstić information content (AvgIpc) is 3.08. The van der Waals surface area contributed by atoms with Gasteiger partial charge in [0.15, 0.2) is 5.75 Å². The number of hydrogen-bond acceptors (Lipinski definition) is 4. The molecule has 0 aliphatic heterocycles. The summed E-state index contributed by atoms with van der Waals surface area (Å²) in [6.45, 7) is 6.12. The van der Waals surface area contributed by atoms with Crippen molar-refractivity contribution in [3.63, 3.8) is 0 Å². The summed E-state index contributed by atoms with van der Waals surface area (Å²) < 4.78 is 11.1. The molecule has 0 saturated heterocycles. The van der Waals surface area contributed by atoms with Crippen LogP contribution in [-0.2, 0) is 4.74 Å². The molecule has 2 N–H and O–H groups in total. The summed E-state index contributed by atoms with van der Waals surface area (Å²) in [7, 11) is 0. The molecule has 0 radical (unpaired) electrons. The van der Waals surface area contributed by atoms with E-state index in [9.17, 15) is 4.79 Å². The Morgan fingerprint density at radius 3 is 2.63 bits per heavy atom. The molecule has 1 aliphatic rings. The maximum Gasteiger partial charge on any atom is 0.342 e. The van der Waals surface area contributed by atoms with Crippen molar-refractivity contribution < 1.29 is 14.3 Å². The van der Waals surface area contributed by atoms with Gasteiger partial charge >= 0.3 is 5.97 Å². The lowest BCUT2D eigenvalue weighted by Gasteiger charge is -2.21. The first kappa shape index (κ1) is 13.7. The van der Waals surface area contributed by atoms with Crippen LogP contribution in [0.5, 0.6) is 5.75 Å². The van der Waals surface area contributed by atoms with E-state index >= 15 is 0 Å². The molecule has 0 heterocycles. The molecule has 4 nitrogen and oxygen atoms in total. The van der Waals surface area contributed by atoms with Gasteiger partial charge in [0.2, 0.25) is 0 Å². The van der Waals surface area contributed by atoms with E-state index in [0.29, 0.717) is 29.5 Å². The zero-order valence-corrected chi connectivity index (χ0v) is 11.7. The van der Waals surface area contributed by atoms with Crippen molar-refractivity contribution in [3.05, 3.63) is 23.8 Å². The topological polar surface area (TPSA) is 61.5 Å². The van der Waals surface area contributed by atoms with Crippen molar-refractivity contribution >= 4 is 11.7 Å². The van der Waals surface area contributed by atoms with Crippen LogP contribution in [0, 0.1) is 5.92 Å². The molecule has 0 unspecified atom stereocenters. The standard InChI is InChI=1S/C15H21NO3/c1-15(2,3)19-14(17)11-5-4-6-12(16)13(11)18-9-10-7-8-10/h4-6,10H,7-9,16H2,1-3H3. The summed E-state index contributed by atoms with van der Waals surface area (Å²) in [5, 5.41) is 0. The Labute approximate surface area is 113 Å². The van der Waals surface area contributed by atoms with E-state index in [2.05, 4.69) is 0 Å². The van der Waals surface area contributed by atoms with Crippen molar-refractivity contribution in [3.8, 4) is 5.75 Å². The van der Waals surface area contributed by atoms with Crippen LogP contribution in [0.15, 0.2) is 18.2 Å². The molecule has 2 rings (SSSR count). The number of carbonyl (C=O) groups excluding carboxylic acids is 1. The predicted octanol–water partition coefficient (Wildman–Crippen LogP) is 3.01. The minimum absolute atomic E-state index is 0.398. The Morgan fingerprint density at radius 1 is 1.37 bits per heavy atom. The smallest absolute Gasteiger partial charge is 0.342 e. The maximum atomic E-state index is 12.1. The molecule has 1 aromatic rings. The van der Waals surface area contributed by atoms with Gasteiger partial charge in [-0.25, -0.2) is 4.79 Å². The molecule has 1 saturated carbocycles. The normalized spacial score (nSPS) is 15.1. The zero-order chi connectivity index (χ0) is 14.0. The van der Waals surface area contributed by atoms with E-state index in [4.69, 9.17) is 15.2 Å². The van der Waals surface area contributed by atoms with Crippen LogP contribution >= 0.6 is 0 Å². The molecule has 1 aromatic carbocycles. The molecule has 0 spiro atoms. The van der Waals surface area contributed by atoms with E-state index in [0.717, 1.165) is 0 Å². The van der Waals surface area contributed by atoms with Gasteiger partial charge in [-0.05, 0) is 51.7 Å². The minimum atomic E-state index is -0.532. The maximum absolute atomic E-state index is 12.1. The second-order valence-corrected chi connectivity index (χ2v) is 5.98. The first-order valence-corrected chi connectivity index (χ1v) is 6.61. The molecule has 19 heavy (non-hydrogen) atoms. The highest BCUT2D eigenvalue weighted by atomic mass is 16.6. The first-order chi connectivity index (χ1) is 8.87. The van der Waals surface area contributed by atoms with Crippen LogP contribution in [0.3, 0.4) is 0 Å². The van der Waals surface area contributed by atoms with E-state index < -0.39 is 11.6 Å². The fourth-order valence-corrected chi connectivity index (χ4v) is 1.70. The Morgan fingerprint density at radius 2 is 2.05 bits per heavy atom. The first-order valence-electron chi connectivity index (χ1n) is 6.61. The van der Waals surface area contributed by atoms with Gasteiger partial charge in [-0.2, -0.15) is 0 Å². The molecule has 0 bridgehead atoms. The van der Waals surface area contributed by atoms with Gasteiger partial charge in [0, 0.05) is 0 Å². The van der Waals surface area contributed by atoms with Gasteiger partial charge in [0.05, 0.1) is 12.3 Å². The molecule has 0 atom stereocenters. The predicted molar refractivity (Wildman–Crippen MR) is 74.2 cm³/mol. The Kier molecular flexibility index (Phi) is 3.69. The quantitative estimate of drug-likeness (QED) is 0.670. The summed E-state index contributed by atoms with van der Waals surface area (Å²) in [6, 6.07) is 5.15. The molecule has 0 amide bonds. The highest BCUT2D eigenvalue weighted by molar-refractivity contribution is 5.94. The number of nitrogen functional groups attached to an aromatic ring is 1. The third-order valence-electron chi connectivity index (χ3n) is 2.82. The molecule has 1 aliphatic carbocycles. The van der Waals surface area contributed by atoms with Gasteiger partial charge in [-0.3, -0.25) is 0 Å². The number of rotatable bonds is 4. The lowest BCUT2D eigenvalue weighted by atomic mass is 10.1. The molecular weight excluding hydrogens is 242 g/mol. The summed E-state index contributed by atoms with van der Waals surface area (Å²) >= 11 is 0. The summed E-state index contributed by atoms with van der Waals surface area (Å²) in [4.78, 5) is 12.1. The van der Waals surface area contributed by atoms with Gasteiger partial charge in [-0.15, -0.1) is 0 Å². The Hall–Kier alpha value is -1.71. The number of hydrogen-bond donors (Lipinski definition) is 1. The van der Waals surface area contributed by atoms with E-state index in [1.54, 1.807) is 18.2 Å². The summed E-state index contributed by atoms with van der Waals surface area (Å²) in [5.41, 5.74) is 6.24. The number of benzene rings is 1. The average molecular weight is 263 g/mol. The lowest BCUT2D eigenvalue weighted by Crippen LogP contribution is -2.24. The Bertz CT molecular complexity index is 473. The van der Waals surface area contributed by atoms with Gasteiger partial charge in [-0.1, -0.05) is 6.07 Å². The minimum Gasteiger partial charge on any atom is -0.490 e. The van der Waals surface area contributed by atoms with Gasteiger partial charge in [0.25, 0.3) is 0 Å². The van der Waals surface area contributed by atoms with E-state index in [1.807, 2.05) is 20.8 Å². The van der Waals surface area contributed by atoms with E-state index in [-0.39, 0.29) is 0 Å². The van der Waals surface area contributed by atoms with Crippen molar-refractivity contribution in [2.24, 2.45) is 5.92 Å². The zero-order valence-electron chi connectivity index (χ0n) is 11.7. The highest BCUT2D eigenvalue weighted by Gasteiger charge is 2.25. The Balaban J connectivity index is 2.17. The number of ether oxygens (including phenoxy) is 2. The monoisotopic (exact) mass is 263 g/mol. The van der Waals surface area contributed by atoms with E-state index in [1.165, 1.54) is 12.8 Å². The van der Waals surface area contributed by atoms with Crippen LogP contribution < -0.4 is 10.5 Å². The van der Waals surface area contributed by atoms with Crippen molar-refractivity contribution in [2.75, 3.05) is 12.3 Å². The largest absolute Gasteiger partial charge is 0.490 e. The lowest BCUT2D eigenvalue weighted by molar-refractivity contribution is 0.00657. The van der Waals surface area contributed by atoms with Gasteiger partial charge < -0.3 is 15.2 Å². The number of carbonyl (C=O) groups is 1. The van der Waals surface area contributed by atoms with Crippen LogP contribution in [0.2, 0.25) is 0 Å². The molecule has 1 fully saturated rings. The fourth-order valence-electron chi connectivity index (χ4n) is 1.70. The van der Waals surface area contributed by atoms with Crippen LogP contribution in [0.25, 0.3) is 0 Å². The number of para-hydroxylation sites is 1. The second kappa shape index (κ2) is 5.11. The molecular formula is C15H21NO3. The van der Waals surface area contributed by atoms with Crippen molar-refractivity contribution in [2.45, 2.75) is 39.2 Å². The highest BCUT2D eigenvalue weighted by Crippen LogP contribution is 2.33. The van der Waals surface area contributed by atoms with Crippen molar-refractivity contribution in [1.82, 2.24) is 0 Å². The number of nitrogens with two attached hydrogens (primary N) is 1. The molecule has 104 valence electrons. The van der Waals surface area contributed by atoms with Crippen LogP contribution in [0.1, 0.15) is 44.0 Å². The van der Waals surface area contributed by atoms with Gasteiger partial charge in [0.1, 0.15) is 11.2 Å². The van der Waals surface area contributed by atoms with Crippen LogP contribution in [0.4, 0.5) is 5.69 Å². The fraction of sp³-hybridized carbons (Fsp3) is 0.533. The van der Waals surface area contributed by atoms with Crippen LogP contribution in [-0.4, -0.2) is 18.2 Å². The third-order valence-corrected chi connectivity index (χ3v) is 2.82. The van der Waals surface area contributed by atoms with Crippen molar-refractivity contribution in [1.29, 1.82) is 0 Å². The molecule has 4 heteroatoms. The third kappa shape index (κ3) is 3.88. The second-order valence-electron chi connectivity index (χ2n) is 5.98. The number of esters is 1. The number of anilines is 1.